The molecule has 0 saturated carbocycles. The fourth-order valence-corrected chi connectivity index (χ4v) is 3.14. The zero-order chi connectivity index (χ0) is 13.7. The molecule has 0 aliphatic rings. The number of rotatable bonds is 6. The summed E-state index contributed by atoms with van der Waals surface area (Å²) >= 11 is 7.52. The maximum Gasteiger partial charge on any atom is 0.0931 e. The largest absolute Gasteiger partial charge is 0.395 e. The molecule has 19 heavy (non-hydrogen) atoms. The highest BCUT2D eigenvalue weighted by Crippen LogP contribution is 2.27. The van der Waals surface area contributed by atoms with Gasteiger partial charge in [0.1, 0.15) is 0 Å². The summed E-state index contributed by atoms with van der Waals surface area (Å²) < 4.78 is 0.798. The van der Waals surface area contributed by atoms with E-state index in [0.717, 1.165) is 10.8 Å². The molecule has 2 nitrogen and oxygen atoms in total. The average molecular weight is 296 g/mol. The second-order valence-electron chi connectivity index (χ2n) is 4.60. The van der Waals surface area contributed by atoms with Gasteiger partial charge in [-0.2, -0.15) is 0 Å². The van der Waals surface area contributed by atoms with Gasteiger partial charge < -0.3 is 10.4 Å². The van der Waals surface area contributed by atoms with Crippen LogP contribution in [-0.2, 0) is 6.42 Å². The molecule has 0 amide bonds. The lowest BCUT2D eigenvalue weighted by Gasteiger charge is -2.21. The van der Waals surface area contributed by atoms with Crippen LogP contribution in [-0.4, -0.2) is 17.8 Å². The lowest BCUT2D eigenvalue weighted by molar-refractivity contribution is 0.233. The van der Waals surface area contributed by atoms with Crippen molar-refractivity contribution in [2.75, 3.05) is 6.61 Å². The summed E-state index contributed by atoms with van der Waals surface area (Å²) in [5.74, 6) is 0. The van der Waals surface area contributed by atoms with E-state index in [1.807, 2.05) is 30.3 Å². The third kappa shape index (κ3) is 4.32. The lowest BCUT2D eigenvalue weighted by Crippen LogP contribution is -2.36. The molecule has 0 bridgehead atoms. The first-order valence-electron chi connectivity index (χ1n) is 6.35. The number of hydrogen-bond donors (Lipinski definition) is 2. The number of nitrogens with one attached hydrogen (secondary N) is 1. The predicted octanol–water partition coefficient (Wildman–Crippen LogP) is 3.66. The molecule has 2 aromatic rings. The zero-order valence-corrected chi connectivity index (χ0v) is 12.4. The van der Waals surface area contributed by atoms with Gasteiger partial charge in [0, 0.05) is 17.0 Å². The highest BCUT2D eigenvalue weighted by Gasteiger charge is 2.14. The van der Waals surface area contributed by atoms with Crippen LogP contribution in [0.4, 0.5) is 0 Å². The van der Waals surface area contributed by atoms with Gasteiger partial charge in [0.15, 0.2) is 0 Å². The summed E-state index contributed by atoms with van der Waals surface area (Å²) in [7, 11) is 0. The van der Waals surface area contributed by atoms with E-state index in [4.69, 9.17) is 11.6 Å². The molecule has 2 N–H and O–H groups in total. The molecule has 1 aromatic carbocycles. The molecule has 0 radical (unpaired) electrons. The van der Waals surface area contributed by atoms with Crippen molar-refractivity contribution in [1.29, 1.82) is 0 Å². The quantitative estimate of drug-likeness (QED) is 0.852. The van der Waals surface area contributed by atoms with E-state index in [0.29, 0.717) is 0 Å². The Hall–Kier alpha value is -0.870. The molecule has 0 fully saturated rings. The molecule has 0 aliphatic heterocycles. The normalized spacial score (nSPS) is 14.3. The lowest BCUT2D eigenvalue weighted by atomic mass is 10.1. The van der Waals surface area contributed by atoms with E-state index in [9.17, 15) is 5.11 Å². The predicted molar refractivity (Wildman–Crippen MR) is 81.9 cm³/mol. The Morgan fingerprint density at radius 1 is 1.21 bits per heavy atom. The Morgan fingerprint density at radius 2 is 1.95 bits per heavy atom. The van der Waals surface area contributed by atoms with Gasteiger partial charge in [-0.05, 0) is 31.0 Å². The van der Waals surface area contributed by atoms with Crippen LogP contribution in [0, 0.1) is 0 Å². The second-order valence-corrected chi connectivity index (χ2v) is 6.35. The van der Waals surface area contributed by atoms with Gasteiger partial charge in [0.2, 0.25) is 0 Å². The number of aliphatic hydroxyl groups is 1. The van der Waals surface area contributed by atoms with Gasteiger partial charge in [0.05, 0.1) is 10.9 Å². The van der Waals surface area contributed by atoms with Crippen molar-refractivity contribution in [3.05, 3.63) is 57.2 Å². The van der Waals surface area contributed by atoms with Gasteiger partial charge in [-0.1, -0.05) is 41.9 Å². The van der Waals surface area contributed by atoms with Gasteiger partial charge >= 0.3 is 0 Å². The third-order valence-electron chi connectivity index (χ3n) is 3.05. The Balaban J connectivity index is 1.95. The first-order valence-corrected chi connectivity index (χ1v) is 7.54. The first-order chi connectivity index (χ1) is 9.19. The highest BCUT2D eigenvalue weighted by molar-refractivity contribution is 7.16. The summed E-state index contributed by atoms with van der Waals surface area (Å²) in [5, 5.41) is 12.9. The van der Waals surface area contributed by atoms with Crippen LogP contribution in [0.25, 0.3) is 0 Å². The molecular weight excluding hydrogens is 278 g/mol. The minimum Gasteiger partial charge on any atom is -0.395 e. The van der Waals surface area contributed by atoms with Crippen molar-refractivity contribution in [1.82, 2.24) is 5.32 Å². The fraction of sp³-hybridized carbons (Fsp3) is 0.333. The number of aliphatic hydroxyl groups excluding tert-OH is 1. The smallest absolute Gasteiger partial charge is 0.0931 e. The maximum atomic E-state index is 9.50. The van der Waals surface area contributed by atoms with Crippen molar-refractivity contribution in [2.24, 2.45) is 0 Å². The molecule has 0 saturated heterocycles. The van der Waals surface area contributed by atoms with Crippen molar-refractivity contribution < 1.29 is 5.11 Å². The standard InChI is InChI=1S/C15H18ClNOS/c1-11(14-7-8-15(16)19-14)17-13(10-18)9-12-5-3-2-4-6-12/h2-8,11,13,17-18H,9-10H2,1H3/t11?,13-/m1/s1. The van der Waals surface area contributed by atoms with Crippen molar-refractivity contribution in [3.8, 4) is 0 Å². The SMILES string of the molecule is CC(N[C@@H](CO)Cc1ccccc1)c1ccc(Cl)s1. The Morgan fingerprint density at radius 3 is 2.53 bits per heavy atom. The Bertz CT molecular complexity index is 500. The van der Waals surface area contributed by atoms with E-state index in [-0.39, 0.29) is 18.7 Å². The van der Waals surface area contributed by atoms with E-state index in [1.165, 1.54) is 10.4 Å². The van der Waals surface area contributed by atoms with Crippen molar-refractivity contribution in [3.63, 3.8) is 0 Å². The monoisotopic (exact) mass is 295 g/mol. The van der Waals surface area contributed by atoms with Gasteiger partial charge in [-0.3, -0.25) is 0 Å². The van der Waals surface area contributed by atoms with Crippen molar-refractivity contribution in [2.45, 2.75) is 25.4 Å². The van der Waals surface area contributed by atoms with E-state index in [2.05, 4.69) is 24.4 Å². The van der Waals surface area contributed by atoms with Crippen LogP contribution >= 0.6 is 22.9 Å². The average Bonchev–Trinajstić information content (AvgIpc) is 2.86. The molecule has 1 heterocycles. The molecule has 2 rings (SSSR count). The molecule has 0 spiro atoms. The molecule has 1 aromatic heterocycles. The van der Waals surface area contributed by atoms with Crippen LogP contribution < -0.4 is 5.32 Å². The minimum absolute atomic E-state index is 0.0540. The summed E-state index contributed by atoms with van der Waals surface area (Å²) in [6.07, 6.45) is 0.820. The van der Waals surface area contributed by atoms with Crippen LogP contribution in [0.3, 0.4) is 0 Å². The minimum atomic E-state index is 0.0540. The summed E-state index contributed by atoms with van der Waals surface area (Å²) in [6, 6.07) is 14.4. The number of hydrogen-bond acceptors (Lipinski definition) is 3. The van der Waals surface area contributed by atoms with Crippen molar-refractivity contribution >= 4 is 22.9 Å². The Kier molecular flexibility index (Phi) is 5.40. The van der Waals surface area contributed by atoms with Gasteiger partial charge in [-0.15, -0.1) is 11.3 Å². The van der Waals surface area contributed by atoms with Crippen LogP contribution in [0.5, 0.6) is 0 Å². The number of benzene rings is 1. The fourth-order valence-electron chi connectivity index (χ4n) is 2.07. The molecular formula is C15H18ClNOS. The highest BCUT2D eigenvalue weighted by atomic mass is 35.5. The molecule has 2 atom stereocenters. The second kappa shape index (κ2) is 7.06. The molecule has 4 heteroatoms. The van der Waals surface area contributed by atoms with Gasteiger partial charge in [0.25, 0.3) is 0 Å². The number of thiophene rings is 1. The Labute approximate surface area is 123 Å². The summed E-state index contributed by atoms with van der Waals surface area (Å²) in [4.78, 5) is 1.19. The van der Waals surface area contributed by atoms with E-state index < -0.39 is 0 Å². The van der Waals surface area contributed by atoms with E-state index >= 15 is 0 Å². The maximum absolute atomic E-state index is 9.50. The van der Waals surface area contributed by atoms with Crippen LogP contribution in [0.2, 0.25) is 4.34 Å². The molecule has 0 aliphatic carbocycles. The van der Waals surface area contributed by atoms with Crippen LogP contribution in [0.15, 0.2) is 42.5 Å². The van der Waals surface area contributed by atoms with Gasteiger partial charge in [-0.25, -0.2) is 0 Å². The van der Waals surface area contributed by atoms with E-state index in [1.54, 1.807) is 11.3 Å². The van der Waals surface area contributed by atoms with Crippen LogP contribution in [0.1, 0.15) is 23.4 Å². The molecule has 102 valence electrons. The summed E-state index contributed by atoms with van der Waals surface area (Å²) in [6.45, 7) is 2.22. The first kappa shape index (κ1) is 14.5. The number of halogens is 1. The molecule has 1 unspecified atom stereocenters. The topological polar surface area (TPSA) is 32.3 Å². The third-order valence-corrected chi connectivity index (χ3v) is 4.47. The summed E-state index contributed by atoms with van der Waals surface area (Å²) in [5.41, 5.74) is 1.23. The zero-order valence-electron chi connectivity index (χ0n) is 10.8.